The first kappa shape index (κ1) is 37.3. The van der Waals surface area contributed by atoms with E-state index in [4.69, 9.17) is 19.2 Å². The highest BCUT2D eigenvalue weighted by Crippen LogP contribution is 2.37. The van der Waals surface area contributed by atoms with Crippen LogP contribution in [0.2, 0.25) is 0 Å². The Labute approximate surface area is 295 Å². The van der Waals surface area contributed by atoms with E-state index in [-0.39, 0.29) is 55.9 Å². The Morgan fingerprint density at radius 2 is 1.80 bits per heavy atom. The largest absolute Gasteiger partial charge is 0.509 e. The van der Waals surface area contributed by atoms with Crippen LogP contribution in [-0.2, 0) is 60.0 Å². The zero-order valence-corrected chi connectivity index (χ0v) is 29.9. The van der Waals surface area contributed by atoms with Gasteiger partial charge in [0.1, 0.15) is 6.61 Å². The number of benzene rings is 2. The SMILES string of the molecule is CNCC(=O)Nc1ccc(COC(=O)OC(C=O)c2cc3n(c(=O)c2COC)Cc2c-3nc3ccccc3c2CCN(C(C)C)S(C)(=O)=O)cc1. The van der Waals surface area contributed by atoms with Gasteiger partial charge in [-0.15, -0.1) is 0 Å². The molecule has 0 fully saturated rings. The lowest BCUT2D eigenvalue weighted by atomic mass is 9.97. The monoisotopic (exact) mass is 719 g/mol. The first-order valence-corrected chi connectivity index (χ1v) is 18.2. The number of para-hydroxylation sites is 1. The Hall–Kier alpha value is -4.96. The van der Waals surface area contributed by atoms with E-state index < -0.39 is 27.8 Å². The van der Waals surface area contributed by atoms with Crippen LogP contribution in [0.3, 0.4) is 0 Å². The molecule has 15 heteroatoms. The molecule has 1 unspecified atom stereocenters. The average molecular weight is 720 g/mol. The number of aromatic nitrogens is 2. The van der Waals surface area contributed by atoms with Gasteiger partial charge >= 0.3 is 6.16 Å². The van der Waals surface area contributed by atoms with E-state index in [1.54, 1.807) is 41.9 Å². The first-order valence-electron chi connectivity index (χ1n) is 16.3. The van der Waals surface area contributed by atoms with Gasteiger partial charge in [0, 0.05) is 41.9 Å². The minimum atomic E-state index is -3.48. The van der Waals surface area contributed by atoms with E-state index in [9.17, 15) is 27.6 Å². The maximum Gasteiger partial charge on any atom is 0.509 e. The molecule has 2 aromatic heterocycles. The summed E-state index contributed by atoms with van der Waals surface area (Å²) in [6.45, 7) is 3.85. The summed E-state index contributed by atoms with van der Waals surface area (Å²) < 4.78 is 44.2. The Balaban J connectivity index is 1.44. The van der Waals surface area contributed by atoms with Crippen molar-refractivity contribution in [2.45, 2.75) is 52.2 Å². The zero-order valence-electron chi connectivity index (χ0n) is 29.1. The van der Waals surface area contributed by atoms with Gasteiger partial charge in [-0.3, -0.25) is 14.4 Å². The maximum absolute atomic E-state index is 14.0. The number of fused-ring (bicyclic) bond motifs is 4. The summed E-state index contributed by atoms with van der Waals surface area (Å²) in [4.78, 5) is 56.0. The second-order valence-electron chi connectivity index (χ2n) is 12.4. The van der Waals surface area contributed by atoms with Crippen molar-refractivity contribution in [1.82, 2.24) is 19.2 Å². The number of sulfonamides is 1. The van der Waals surface area contributed by atoms with Crippen molar-refractivity contribution in [3.63, 3.8) is 0 Å². The number of carbonyl (C=O) groups excluding carboxylic acids is 3. The summed E-state index contributed by atoms with van der Waals surface area (Å²) in [6, 6.07) is 15.5. The van der Waals surface area contributed by atoms with Crippen LogP contribution in [0.15, 0.2) is 59.4 Å². The summed E-state index contributed by atoms with van der Waals surface area (Å²) in [6.07, 6.45) is -0.657. The molecule has 1 amide bonds. The summed E-state index contributed by atoms with van der Waals surface area (Å²) in [5, 5.41) is 6.33. The van der Waals surface area contributed by atoms with Crippen molar-refractivity contribution in [2.24, 2.45) is 0 Å². The fourth-order valence-electron chi connectivity index (χ4n) is 6.27. The molecule has 270 valence electrons. The highest BCUT2D eigenvalue weighted by atomic mass is 32.2. The molecule has 0 radical (unpaired) electrons. The molecule has 0 spiro atoms. The molecule has 1 aliphatic heterocycles. The standard InChI is InChI=1S/C36H41N5O9S/c1-22(2)41(51(5,46)47)15-14-25-26-8-6-7-9-30(26)39-34-28(25)18-40-31(34)16-27(29(21-48-4)35(40)44)32(19-42)50-36(45)49-20-23-10-12-24(13-11-23)38-33(43)17-37-3/h6-13,16,19,22,32,37H,14-15,17-18,20-21H2,1-5H3,(H,38,43). The molecule has 2 N–H and O–H groups in total. The van der Waals surface area contributed by atoms with Gasteiger partial charge in [0.15, 0.2) is 12.4 Å². The fourth-order valence-corrected chi connectivity index (χ4v) is 7.46. The molecule has 2 aromatic carbocycles. The number of anilines is 1. The van der Waals surface area contributed by atoms with Gasteiger partial charge < -0.3 is 29.4 Å². The van der Waals surface area contributed by atoms with Crippen LogP contribution >= 0.6 is 0 Å². The molecule has 0 saturated heterocycles. The maximum atomic E-state index is 14.0. The molecule has 1 aliphatic rings. The molecule has 5 rings (SSSR count). The van der Waals surface area contributed by atoms with Crippen LogP contribution in [0, 0.1) is 0 Å². The molecular weight excluding hydrogens is 678 g/mol. The van der Waals surface area contributed by atoms with Crippen LogP contribution in [0.25, 0.3) is 22.3 Å². The summed E-state index contributed by atoms with van der Waals surface area (Å²) in [7, 11) is -0.408. The highest BCUT2D eigenvalue weighted by Gasteiger charge is 2.32. The van der Waals surface area contributed by atoms with Crippen molar-refractivity contribution >= 4 is 45.0 Å². The molecule has 4 aromatic rings. The van der Waals surface area contributed by atoms with Crippen molar-refractivity contribution in [2.75, 3.05) is 38.8 Å². The third-order valence-corrected chi connectivity index (χ3v) is 10.0. The first-order chi connectivity index (χ1) is 24.4. The number of rotatable bonds is 15. The van der Waals surface area contributed by atoms with Crippen LogP contribution in [0.1, 0.15) is 47.8 Å². The predicted octanol–water partition coefficient (Wildman–Crippen LogP) is 3.54. The van der Waals surface area contributed by atoms with E-state index in [1.165, 1.54) is 17.7 Å². The minimum absolute atomic E-state index is 0.129. The third kappa shape index (κ3) is 8.34. The number of methoxy groups -OCH3 is 1. The molecule has 14 nitrogen and oxygen atoms in total. The molecule has 51 heavy (non-hydrogen) atoms. The van der Waals surface area contributed by atoms with Gasteiger partial charge in [-0.2, -0.15) is 4.31 Å². The van der Waals surface area contributed by atoms with Crippen LogP contribution in [-0.4, -0.2) is 80.2 Å². The van der Waals surface area contributed by atoms with Crippen molar-refractivity contribution < 1.29 is 37.0 Å². The highest BCUT2D eigenvalue weighted by molar-refractivity contribution is 7.88. The number of nitrogens with zero attached hydrogens (tertiary/aromatic N) is 3. The summed E-state index contributed by atoms with van der Waals surface area (Å²) >= 11 is 0. The minimum Gasteiger partial charge on any atom is -0.429 e. The number of hydrogen-bond acceptors (Lipinski definition) is 11. The van der Waals surface area contributed by atoms with Crippen LogP contribution in [0.4, 0.5) is 10.5 Å². The fraction of sp³-hybridized carbons (Fsp3) is 0.361. The van der Waals surface area contributed by atoms with E-state index in [2.05, 4.69) is 10.6 Å². The van der Waals surface area contributed by atoms with Gasteiger partial charge in [0.05, 0.1) is 48.4 Å². The quantitative estimate of drug-likeness (QED) is 0.120. The molecular formula is C36H41N5O9S. The van der Waals surface area contributed by atoms with Gasteiger partial charge in [0.2, 0.25) is 15.9 Å². The van der Waals surface area contributed by atoms with Crippen molar-refractivity contribution in [1.29, 1.82) is 0 Å². The number of hydrogen-bond donors (Lipinski definition) is 2. The lowest BCUT2D eigenvalue weighted by molar-refractivity contribution is -0.117. The average Bonchev–Trinajstić information content (AvgIpc) is 3.45. The summed E-state index contributed by atoms with van der Waals surface area (Å²) in [5.74, 6) is -0.209. The normalized spacial score (nSPS) is 12.8. The van der Waals surface area contributed by atoms with Crippen LogP contribution < -0.4 is 16.2 Å². The molecule has 0 aliphatic carbocycles. The number of amides is 1. The number of aldehydes is 1. The van der Waals surface area contributed by atoms with E-state index >= 15 is 0 Å². The number of likely N-dealkylation sites (N-methyl/N-ethyl adjacent to an activating group) is 1. The summed E-state index contributed by atoms with van der Waals surface area (Å²) in [5.41, 5.74) is 4.22. The second kappa shape index (κ2) is 15.9. The van der Waals surface area contributed by atoms with Crippen molar-refractivity contribution in [3.8, 4) is 11.4 Å². The molecule has 0 saturated carbocycles. The van der Waals surface area contributed by atoms with Gasteiger partial charge in [-0.05, 0) is 62.7 Å². The van der Waals surface area contributed by atoms with Gasteiger partial charge in [-0.25, -0.2) is 18.2 Å². The zero-order chi connectivity index (χ0) is 36.9. The van der Waals surface area contributed by atoms with Crippen LogP contribution in [0.5, 0.6) is 0 Å². The molecule has 1 atom stereocenters. The number of pyridine rings is 2. The lowest BCUT2D eigenvalue weighted by Gasteiger charge is -2.24. The Morgan fingerprint density at radius 1 is 1.08 bits per heavy atom. The second-order valence-corrected chi connectivity index (χ2v) is 14.4. The van der Waals surface area contributed by atoms with E-state index in [0.717, 1.165) is 16.5 Å². The van der Waals surface area contributed by atoms with E-state index in [1.807, 2.05) is 38.1 Å². The predicted molar refractivity (Wildman–Crippen MR) is 191 cm³/mol. The third-order valence-electron chi connectivity index (χ3n) is 8.56. The smallest absolute Gasteiger partial charge is 0.429 e. The number of carbonyl (C=O) groups is 3. The topological polar surface area (TPSA) is 175 Å². The molecule has 3 heterocycles. The Bertz CT molecular complexity index is 2110. The lowest BCUT2D eigenvalue weighted by Crippen LogP contribution is -2.37. The Kier molecular flexibility index (Phi) is 11.7. The number of ether oxygens (including phenoxy) is 3. The van der Waals surface area contributed by atoms with Gasteiger partial charge in [0.25, 0.3) is 5.56 Å². The van der Waals surface area contributed by atoms with E-state index in [0.29, 0.717) is 40.9 Å². The Morgan fingerprint density at radius 3 is 2.45 bits per heavy atom. The van der Waals surface area contributed by atoms with Gasteiger partial charge in [-0.1, -0.05) is 30.3 Å². The van der Waals surface area contributed by atoms with Crippen molar-refractivity contribution in [3.05, 3.63) is 92.8 Å². The molecule has 0 bridgehead atoms. The number of nitrogens with one attached hydrogen (secondary N) is 2.